The monoisotopic (exact) mass is 348 g/mol. The summed E-state index contributed by atoms with van der Waals surface area (Å²) in [4.78, 5) is 18.8. The quantitative estimate of drug-likeness (QED) is 0.456. The molecule has 1 aliphatic heterocycles. The minimum atomic E-state index is 0.203. The second-order valence-electron chi connectivity index (χ2n) is 8.36. The van der Waals surface area contributed by atoms with Crippen LogP contribution in [0.15, 0.2) is 4.99 Å². The minimum absolute atomic E-state index is 0.203. The maximum absolute atomic E-state index is 11.8. The van der Waals surface area contributed by atoms with Crippen LogP contribution in [0.3, 0.4) is 0 Å². The van der Waals surface area contributed by atoms with Crippen LogP contribution in [-0.2, 0) is 4.79 Å². The summed E-state index contributed by atoms with van der Waals surface area (Å²) < 4.78 is 0. The lowest BCUT2D eigenvalue weighted by Crippen LogP contribution is -2.50. The van der Waals surface area contributed by atoms with Crippen LogP contribution in [0.2, 0.25) is 0 Å². The van der Waals surface area contributed by atoms with E-state index in [1.165, 1.54) is 51.4 Å². The van der Waals surface area contributed by atoms with Crippen molar-refractivity contribution < 1.29 is 4.79 Å². The summed E-state index contributed by atoms with van der Waals surface area (Å²) in [6, 6.07) is 0.470. The van der Waals surface area contributed by atoms with Gasteiger partial charge in [-0.1, -0.05) is 25.7 Å². The molecule has 1 spiro atoms. The maximum atomic E-state index is 11.8. The standard InChI is InChI=1S/C20H36N4O/c1-21-19(22-14-6-8-18(25)23-17-9-10-17)24-15-7-13-20(16-24)11-4-2-3-5-12-20/h17H,2-16H2,1H3,(H,21,22)(H,23,25). The number of amides is 1. The SMILES string of the molecule is CN=C(NCCCC(=O)NC1CC1)N1CCCC2(CCCCCC2)C1. The summed E-state index contributed by atoms with van der Waals surface area (Å²) in [6.07, 6.45) is 14.9. The van der Waals surface area contributed by atoms with Crippen LogP contribution < -0.4 is 10.6 Å². The molecular formula is C20H36N4O. The van der Waals surface area contributed by atoms with E-state index in [1.807, 2.05) is 7.05 Å². The largest absolute Gasteiger partial charge is 0.356 e. The third kappa shape index (κ3) is 5.61. The van der Waals surface area contributed by atoms with E-state index in [-0.39, 0.29) is 5.91 Å². The van der Waals surface area contributed by atoms with Crippen LogP contribution in [0.1, 0.15) is 77.0 Å². The van der Waals surface area contributed by atoms with E-state index in [2.05, 4.69) is 20.5 Å². The number of nitrogens with one attached hydrogen (secondary N) is 2. The fraction of sp³-hybridized carbons (Fsp3) is 0.900. The van der Waals surface area contributed by atoms with Crippen molar-refractivity contribution in [3.8, 4) is 0 Å². The molecule has 0 aromatic heterocycles. The predicted molar refractivity (Wildman–Crippen MR) is 103 cm³/mol. The number of rotatable bonds is 5. The molecule has 2 N–H and O–H groups in total. The number of carbonyl (C=O) groups is 1. The molecule has 5 heteroatoms. The van der Waals surface area contributed by atoms with Gasteiger partial charge in [0.1, 0.15) is 0 Å². The smallest absolute Gasteiger partial charge is 0.220 e. The molecule has 0 aromatic carbocycles. The van der Waals surface area contributed by atoms with E-state index < -0.39 is 0 Å². The van der Waals surface area contributed by atoms with Gasteiger partial charge in [-0.05, 0) is 50.4 Å². The summed E-state index contributed by atoms with van der Waals surface area (Å²) in [5, 5.41) is 6.55. The Morgan fingerprint density at radius 2 is 1.84 bits per heavy atom. The van der Waals surface area contributed by atoms with Crippen molar-refractivity contribution in [1.29, 1.82) is 0 Å². The van der Waals surface area contributed by atoms with E-state index in [9.17, 15) is 4.79 Å². The van der Waals surface area contributed by atoms with Crippen molar-refractivity contribution >= 4 is 11.9 Å². The molecule has 1 saturated heterocycles. The number of aliphatic imine (C=N–C) groups is 1. The van der Waals surface area contributed by atoms with Crippen LogP contribution in [0.4, 0.5) is 0 Å². The molecule has 1 heterocycles. The molecule has 2 saturated carbocycles. The minimum Gasteiger partial charge on any atom is -0.356 e. The Balaban J connectivity index is 1.42. The Labute approximate surface area is 153 Å². The Morgan fingerprint density at radius 3 is 2.52 bits per heavy atom. The van der Waals surface area contributed by atoms with E-state index in [0.29, 0.717) is 17.9 Å². The summed E-state index contributed by atoms with van der Waals surface area (Å²) in [5.74, 6) is 1.24. The predicted octanol–water partition coefficient (Wildman–Crippen LogP) is 3.06. The normalized spacial score (nSPS) is 24.0. The highest BCUT2D eigenvalue weighted by atomic mass is 16.1. The number of hydrogen-bond acceptors (Lipinski definition) is 2. The van der Waals surface area contributed by atoms with Crippen LogP contribution in [0.5, 0.6) is 0 Å². The van der Waals surface area contributed by atoms with E-state index in [0.717, 1.165) is 44.9 Å². The number of guanidine groups is 1. The van der Waals surface area contributed by atoms with Gasteiger partial charge in [0.25, 0.3) is 0 Å². The van der Waals surface area contributed by atoms with Crippen LogP contribution in [-0.4, -0.2) is 49.5 Å². The second-order valence-corrected chi connectivity index (χ2v) is 8.36. The number of piperidine rings is 1. The highest BCUT2D eigenvalue weighted by Gasteiger charge is 2.36. The third-order valence-electron chi connectivity index (χ3n) is 6.14. The molecule has 0 bridgehead atoms. The Bertz CT molecular complexity index is 464. The van der Waals surface area contributed by atoms with Crippen molar-refractivity contribution in [2.24, 2.45) is 10.4 Å². The number of nitrogens with zero attached hydrogens (tertiary/aromatic N) is 2. The lowest BCUT2D eigenvalue weighted by atomic mass is 9.74. The zero-order valence-electron chi connectivity index (χ0n) is 16.0. The molecule has 3 rings (SSSR count). The first-order valence-corrected chi connectivity index (χ1v) is 10.5. The van der Waals surface area contributed by atoms with Gasteiger partial charge in [0.2, 0.25) is 5.91 Å². The van der Waals surface area contributed by atoms with Gasteiger partial charge in [-0.25, -0.2) is 0 Å². The number of likely N-dealkylation sites (tertiary alicyclic amines) is 1. The second kappa shape index (κ2) is 8.91. The van der Waals surface area contributed by atoms with Crippen LogP contribution >= 0.6 is 0 Å². The zero-order valence-corrected chi connectivity index (χ0v) is 16.0. The van der Waals surface area contributed by atoms with Gasteiger partial charge in [0.05, 0.1) is 0 Å². The average molecular weight is 349 g/mol. The first kappa shape index (κ1) is 18.5. The topological polar surface area (TPSA) is 56.7 Å². The van der Waals surface area contributed by atoms with Crippen molar-refractivity contribution in [3.63, 3.8) is 0 Å². The molecular weight excluding hydrogens is 312 g/mol. The fourth-order valence-corrected chi connectivity index (χ4v) is 4.58. The van der Waals surface area contributed by atoms with E-state index >= 15 is 0 Å². The molecule has 25 heavy (non-hydrogen) atoms. The van der Waals surface area contributed by atoms with E-state index in [1.54, 1.807) is 0 Å². The van der Waals surface area contributed by atoms with Crippen LogP contribution in [0.25, 0.3) is 0 Å². The van der Waals surface area contributed by atoms with Gasteiger partial charge >= 0.3 is 0 Å². The summed E-state index contributed by atoms with van der Waals surface area (Å²) in [7, 11) is 1.89. The highest BCUT2D eigenvalue weighted by Crippen LogP contribution is 2.42. The molecule has 3 aliphatic rings. The summed E-state index contributed by atoms with van der Waals surface area (Å²) in [6.45, 7) is 3.10. The molecule has 0 aromatic rings. The Hall–Kier alpha value is -1.26. The first-order valence-electron chi connectivity index (χ1n) is 10.5. The highest BCUT2D eigenvalue weighted by molar-refractivity contribution is 5.80. The number of hydrogen-bond donors (Lipinski definition) is 2. The van der Waals surface area contributed by atoms with Gasteiger partial charge < -0.3 is 15.5 Å². The van der Waals surface area contributed by atoms with Crippen LogP contribution in [0, 0.1) is 5.41 Å². The van der Waals surface area contributed by atoms with Gasteiger partial charge in [-0.2, -0.15) is 0 Å². The third-order valence-corrected chi connectivity index (χ3v) is 6.14. The van der Waals surface area contributed by atoms with Crippen molar-refractivity contribution in [1.82, 2.24) is 15.5 Å². The van der Waals surface area contributed by atoms with Gasteiger partial charge in [-0.3, -0.25) is 9.79 Å². The Kier molecular flexibility index (Phi) is 6.60. The molecule has 3 fully saturated rings. The maximum Gasteiger partial charge on any atom is 0.220 e. The van der Waals surface area contributed by atoms with Crippen molar-refractivity contribution in [2.75, 3.05) is 26.7 Å². The molecule has 0 radical (unpaired) electrons. The fourth-order valence-electron chi connectivity index (χ4n) is 4.58. The molecule has 1 amide bonds. The molecule has 5 nitrogen and oxygen atoms in total. The number of carbonyl (C=O) groups excluding carboxylic acids is 1. The average Bonchev–Trinajstić information content (AvgIpc) is 3.43. The van der Waals surface area contributed by atoms with E-state index in [4.69, 9.17) is 0 Å². The zero-order chi connectivity index (χ0) is 17.5. The Morgan fingerprint density at radius 1 is 1.12 bits per heavy atom. The summed E-state index contributed by atoms with van der Waals surface area (Å²) >= 11 is 0. The molecule has 0 atom stereocenters. The van der Waals surface area contributed by atoms with Gasteiger partial charge in [-0.15, -0.1) is 0 Å². The van der Waals surface area contributed by atoms with Crippen molar-refractivity contribution in [2.45, 2.75) is 83.1 Å². The lowest BCUT2D eigenvalue weighted by molar-refractivity contribution is -0.121. The van der Waals surface area contributed by atoms with Gasteiger partial charge in [0.15, 0.2) is 5.96 Å². The molecule has 0 unspecified atom stereocenters. The first-order chi connectivity index (χ1) is 12.2. The van der Waals surface area contributed by atoms with Gasteiger partial charge in [0, 0.05) is 39.1 Å². The molecule has 142 valence electrons. The van der Waals surface area contributed by atoms with Crippen molar-refractivity contribution in [3.05, 3.63) is 0 Å². The lowest BCUT2D eigenvalue weighted by Gasteiger charge is -2.44. The summed E-state index contributed by atoms with van der Waals surface area (Å²) in [5.41, 5.74) is 0.524. The molecule has 2 aliphatic carbocycles.